The molecule has 178 valence electrons. The fraction of sp³-hybridized carbons (Fsp3) is 0.500. The lowest BCUT2D eigenvalue weighted by Gasteiger charge is -2.21. The number of carbonyl (C=O) groups is 1. The van der Waals surface area contributed by atoms with Gasteiger partial charge in [0.1, 0.15) is 5.75 Å². The summed E-state index contributed by atoms with van der Waals surface area (Å²) in [6.07, 6.45) is 8.44. The lowest BCUT2D eigenvalue weighted by Crippen LogP contribution is -2.33. The molecule has 1 aliphatic carbocycles. The van der Waals surface area contributed by atoms with Gasteiger partial charge >= 0.3 is 0 Å². The van der Waals surface area contributed by atoms with Gasteiger partial charge in [-0.05, 0) is 92.5 Å². The second-order valence-electron chi connectivity index (χ2n) is 8.98. The summed E-state index contributed by atoms with van der Waals surface area (Å²) >= 11 is 0. The minimum Gasteiger partial charge on any atom is -0.481 e. The second kappa shape index (κ2) is 10.7. The SMILES string of the molecule is CC[C@H](Oc1ccc2c(c1)CCCC2)C(=O)Nc1ccc(S(=O)(=O)N2CCCCCC2)cc1. The van der Waals surface area contributed by atoms with E-state index >= 15 is 0 Å². The Morgan fingerprint density at radius 2 is 1.61 bits per heavy atom. The van der Waals surface area contributed by atoms with Gasteiger partial charge in [-0.25, -0.2) is 8.42 Å². The van der Waals surface area contributed by atoms with E-state index in [0.717, 1.165) is 44.3 Å². The number of hydrogen-bond donors (Lipinski definition) is 1. The van der Waals surface area contributed by atoms with Gasteiger partial charge in [-0.1, -0.05) is 25.8 Å². The van der Waals surface area contributed by atoms with E-state index in [1.807, 2.05) is 13.0 Å². The number of ether oxygens (including phenoxy) is 1. The first kappa shape index (κ1) is 23.8. The van der Waals surface area contributed by atoms with Crippen LogP contribution in [0.5, 0.6) is 5.75 Å². The fourth-order valence-corrected chi connectivity index (χ4v) is 6.15. The van der Waals surface area contributed by atoms with Crippen LogP contribution in [0.4, 0.5) is 5.69 Å². The molecule has 0 saturated carbocycles. The van der Waals surface area contributed by atoms with E-state index in [0.29, 0.717) is 25.2 Å². The van der Waals surface area contributed by atoms with Gasteiger partial charge in [0.25, 0.3) is 5.91 Å². The van der Waals surface area contributed by atoms with Gasteiger partial charge in [0.15, 0.2) is 6.10 Å². The second-order valence-corrected chi connectivity index (χ2v) is 10.9. The molecule has 7 heteroatoms. The van der Waals surface area contributed by atoms with E-state index in [9.17, 15) is 13.2 Å². The third-order valence-electron chi connectivity index (χ3n) is 6.59. The van der Waals surface area contributed by atoms with Crippen molar-refractivity contribution in [1.29, 1.82) is 0 Å². The molecule has 1 fully saturated rings. The Labute approximate surface area is 197 Å². The topological polar surface area (TPSA) is 75.7 Å². The predicted molar refractivity (Wildman–Crippen MR) is 130 cm³/mol. The Bertz CT molecular complexity index is 1060. The number of nitrogens with one attached hydrogen (secondary N) is 1. The fourth-order valence-electron chi connectivity index (χ4n) is 4.63. The van der Waals surface area contributed by atoms with E-state index in [2.05, 4.69) is 17.4 Å². The third kappa shape index (κ3) is 5.76. The zero-order valence-corrected chi connectivity index (χ0v) is 20.2. The minimum atomic E-state index is -3.50. The van der Waals surface area contributed by atoms with Crippen molar-refractivity contribution in [3.63, 3.8) is 0 Å². The van der Waals surface area contributed by atoms with Gasteiger partial charge in [-0.15, -0.1) is 0 Å². The number of nitrogens with zero attached hydrogens (tertiary/aromatic N) is 1. The standard InChI is InChI=1S/C26H34N2O4S/c1-2-25(32-23-14-11-20-9-5-6-10-21(20)19-23)26(29)27-22-12-15-24(16-13-22)33(30,31)28-17-7-3-4-8-18-28/h11-16,19,25H,2-10,17-18H2,1H3,(H,27,29)/t25-/m0/s1. The average Bonchev–Trinajstić information content (AvgIpc) is 3.13. The number of hydrogen-bond acceptors (Lipinski definition) is 4. The van der Waals surface area contributed by atoms with Crippen LogP contribution < -0.4 is 10.1 Å². The molecule has 1 heterocycles. The van der Waals surface area contributed by atoms with Gasteiger partial charge in [0.2, 0.25) is 10.0 Å². The molecule has 0 spiro atoms. The summed E-state index contributed by atoms with van der Waals surface area (Å²) in [6, 6.07) is 12.6. The van der Waals surface area contributed by atoms with Crippen LogP contribution in [0.2, 0.25) is 0 Å². The van der Waals surface area contributed by atoms with Crippen LogP contribution in [-0.4, -0.2) is 37.8 Å². The van der Waals surface area contributed by atoms with Gasteiger partial charge in [0, 0.05) is 18.8 Å². The van der Waals surface area contributed by atoms with Gasteiger partial charge in [0.05, 0.1) is 4.90 Å². The van der Waals surface area contributed by atoms with Gasteiger partial charge in [-0.3, -0.25) is 4.79 Å². The van der Waals surface area contributed by atoms with Crippen molar-refractivity contribution in [2.75, 3.05) is 18.4 Å². The molecule has 4 rings (SSSR count). The summed E-state index contributed by atoms with van der Waals surface area (Å²) in [5.41, 5.74) is 3.25. The quantitative estimate of drug-likeness (QED) is 0.623. The van der Waals surface area contributed by atoms with Crippen LogP contribution in [-0.2, 0) is 27.7 Å². The number of fused-ring (bicyclic) bond motifs is 1. The number of benzene rings is 2. The number of rotatable bonds is 7. The molecule has 1 amide bonds. The lowest BCUT2D eigenvalue weighted by molar-refractivity contribution is -0.122. The normalized spacial score (nSPS) is 18.1. The molecule has 1 saturated heterocycles. The largest absolute Gasteiger partial charge is 0.481 e. The summed E-state index contributed by atoms with van der Waals surface area (Å²) in [6.45, 7) is 3.05. The lowest BCUT2D eigenvalue weighted by atomic mass is 9.92. The highest BCUT2D eigenvalue weighted by Crippen LogP contribution is 2.27. The van der Waals surface area contributed by atoms with E-state index in [4.69, 9.17) is 4.74 Å². The molecule has 0 bridgehead atoms. The highest BCUT2D eigenvalue weighted by atomic mass is 32.2. The number of carbonyl (C=O) groups excluding carboxylic acids is 1. The van der Waals surface area contributed by atoms with Crippen LogP contribution in [0, 0.1) is 0 Å². The molecule has 1 atom stereocenters. The highest BCUT2D eigenvalue weighted by molar-refractivity contribution is 7.89. The maximum Gasteiger partial charge on any atom is 0.265 e. The molecule has 33 heavy (non-hydrogen) atoms. The number of sulfonamides is 1. The van der Waals surface area contributed by atoms with Gasteiger partial charge in [-0.2, -0.15) is 4.31 Å². The Morgan fingerprint density at radius 1 is 0.939 bits per heavy atom. The molecular weight excluding hydrogens is 436 g/mol. The smallest absolute Gasteiger partial charge is 0.265 e. The number of anilines is 1. The molecule has 2 aromatic rings. The maximum atomic E-state index is 13.0. The summed E-state index contributed by atoms with van der Waals surface area (Å²) in [5, 5.41) is 2.87. The van der Waals surface area contributed by atoms with Crippen LogP contribution in [0.15, 0.2) is 47.4 Å². The Balaban J connectivity index is 1.40. The van der Waals surface area contributed by atoms with Crippen molar-refractivity contribution in [2.24, 2.45) is 0 Å². The first-order valence-corrected chi connectivity index (χ1v) is 13.6. The Morgan fingerprint density at radius 3 is 2.27 bits per heavy atom. The number of amides is 1. The van der Waals surface area contributed by atoms with E-state index in [-0.39, 0.29) is 10.8 Å². The van der Waals surface area contributed by atoms with Crippen LogP contribution in [0.25, 0.3) is 0 Å². The summed E-state index contributed by atoms with van der Waals surface area (Å²) < 4.78 is 33.5. The van der Waals surface area contributed by atoms with Crippen molar-refractivity contribution in [1.82, 2.24) is 4.31 Å². The maximum absolute atomic E-state index is 13.0. The van der Waals surface area contributed by atoms with Crippen LogP contribution >= 0.6 is 0 Å². The molecule has 0 aromatic heterocycles. The number of aryl methyl sites for hydroxylation is 2. The van der Waals surface area contributed by atoms with E-state index < -0.39 is 16.1 Å². The average molecular weight is 471 g/mol. The zero-order chi connectivity index (χ0) is 23.3. The molecule has 2 aromatic carbocycles. The van der Waals surface area contributed by atoms with Crippen molar-refractivity contribution in [3.05, 3.63) is 53.6 Å². The predicted octanol–water partition coefficient (Wildman–Crippen LogP) is 4.93. The van der Waals surface area contributed by atoms with Crippen LogP contribution in [0.3, 0.4) is 0 Å². The zero-order valence-electron chi connectivity index (χ0n) is 19.4. The molecule has 0 radical (unpaired) electrons. The molecule has 0 unspecified atom stereocenters. The van der Waals surface area contributed by atoms with Gasteiger partial charge < -0.3 is 10.1 Å². The monoisotopic (exact) mass is 470 g/mol. The summed E-state index contributed by atoms with van der Waals surface area (Å²) in [7, 11) is -3.50. The Hall–Kier alpha value is -2.38. The molecular formula is C26H34N2O4S. The highest BCUT2D eigenvalue weighted by Gasteiger charge is 2.25. The molecule has 1 N–H and O–H groups in total. The van der Waals surface area contributed by atoms with Crippen molar-refractivity contribution in [2.45, 2.75) is 75.7 Å². The van der Waals surface area contributed by atoms with Crippen molar-refractivity contribution in [3.8, 4) is 5.75 Å². The van der Waals surface area contributed by atoms with E-state index in [1.54, 1.807) is 28.6 Å². The van der Waals surface area contributed by atoms with E-state index in [1.165, 1.54) is 24.0 Å². The third-order valence-corrected chi connectivity index (χ3v) is 8.50. The molecule has 1 aliphatic heterocycles. The molecule has 6 nitrogen and oxygen atoms in total. The minimum absolute atomic E-state index is 0.238. The van der Waals surface area contributed by atoms with Crippen molar-refractivity contribution >= 4 is 21.6 Å². The van der Waals surface area contributed by atoms with Crippen LogP contribution in [0.1, 0.15) is 63.0 Å². The summed E-state index contributed by atoms with van der Waals surface area (Å²) in [4.78, 5) is 13.1. The summed E-state index contributed by atoms with van der Waals surface area (Å²) in [5.74, 6) is 0.481. The first-order chi connectivity index (χ1) is 16.0. The Kier molecular flexibility index (Phi) is 7.71. The molecule has 2 aliphatic rings. The van der Waals surface area contributed by atoms with Crippen molar-refractivity contribution < 1.29 is 17.9 Å². The first-order valence-electron chi connectivity index (χ1n) is 12.2.